The third kappa shape index (κ3) is 2.25. The van der Waals surface area contributed by atoms with E-state index in [4.69, 9.17) is 0 Å². The minimum atomic E-state index is -0.304. The normalized spacial score (nSPS) is 13.7. The van der Waals surface area contributed by atoms with E-state index in [0.717, 1.165) is 41.9 Å². The average Bonchev–Trinajstić information content (AvgIpc) is 3.13. The molecule has 1 aliphatic rings. The highest BCUT2D eigenvalue weighted by molar-refractivity contribution is 5.76. The maximum atomic E-state index is 13.4. The van der Waals surface area contributed by atoms with Crippen LogP contribution in [0.4, 0.5) is 4.39 Å². The molecular formula is C17H17FN4O. The van der Waals surface area contributed by atoms with E-state index < -0.39 is 0 Å². The number of nitrogens with zero attached hydrogens (tertiary/aromatic N) is 4. The number of hydrogen-bond acceptors (Lipinski definition) is 3. The largest absolute Gasteiger partial charge is 0.327 e. The van der Waals surface area contributed by atoms with Crippen LogP contribution in [-0.4, -0.2) is 19.1 Å². The molecule has 2 aromatic heterocycles. The predicted octanol–water partition coefficient (Wildman–Crippen LogP) is 2.29. The van der Waals surface area contributed by atoms with Gasteiger partial charge in [0.05, 0.1) is 29.6 Å². The lowest BCUT2D eigenvalue weighted by Gasteiger charge is -2.09. The van der Waals surface area contributed by atoms with Crippen molar-refractivity contribution in [3.05, 3.63) is 57.8 Å². The summed E-state index contributed by atoms with van der Waals surface area (Å²) in [7, 11) is 0. The molecule has 4 rings (SSSR count). The lowest BCUT2D eigenvalue weighted by atomic mass is 10.2. The molecule has 1 aromatic carbocycles. The van der Waals surface area contributed by atoms with Gasteiger partial charge in [0.1, 0.15) is 11.6 Å². The number of halogens is 1. The fraction of sp³-hybridized carbons (Fsp3) is 0.353. The van der Waals surface area contributed by atoms with Crippen molar-refractivity contribution in [2.75, 3.05) is 0 Å². The zero-order chi connectivity index (χ0) is 16.0. The smallest absolute Gasteiger partial charge is 0.257 e. The van der Waals surface area contributed by atoms with Crippen molar-refractivity contribution in [3.8, 4) is 0 Å². The van der Waals surface area contributed by atoms with Crippen LogP contribution >= 0.6 is 0 Å². The summed E-state index contributed by atoms with van der Waals surface area (Å²) >= 11 is 0. The lowest BCUT2D eigenvalue weighted by Crippen LogP contribution is -2.26. The minimum Gasteiger partial charge on any atom is -0.327 e. The fourth-order valence-corrected chi connectivity index (χ4v) is 3.36. The summed E-state index contributed by atoms with van der Waals surface area (Å²) in [5.74, 6) is 0.441. The van der Waals surface area contributed by atoms with E-state index in [1.54, 1.807) is 17.0 Å². The van der Waals surface area contributed by atoms with Gasteiger partial charge in [0.25, 0.3) is 5.56 Å². The first-order chi connectivity index (χ1) is 11.2. The molecule has 0 atom stereocenters. The van der Waals surface area contributed by atoms with E-state index >= 15 is 0 Å². The second-order valence-electron chi connectivity index (χ2n) is 5.86. The second kappa shape index (κ2) is 5.30. The topological polar surface area (TPSA) is 52.7 Å². The fourth-order valence-electron chi connectivity index (χ4n) is 3.36. The van der Waals surface area contributed by atoms with Crippen LogP contribution < -0.4 is 5.56 Å². The first-order valence-electron chi connectivity index (χ1n) is 7.89. The molecule has 0 unspecified atom stereocenters. The van der Waals surface area contributed by atoms with E-state index in [9.17, 15) is 9.18 Å². The van der Waals surface area contributed by atoms with Crippen LogP contribution in [0, 0.1) is 5.82 Å². The maximum absolute atomic E-state index is 13.4. The second-order valence-corrected chi connectivity index (χ2v) is 5.86. The molecule has 3 aromatic rings. The molecule has 0 aliphatic heterocycles. The van der Waals surface area contributed by atoms with Crippen molar-refractivity contribution in [2.24, 2.45) is 0 Å². The summed E-state index contributed by atoms with van der Waals surface area (Å²) in [6.45, 7) is 3.07. The average molecular weight is 312 g/mol. The summed E-state index contributed by atoms with van der Waals surface area (Å²) in [6.07, 6.45) is 4.29. The molecule has 0 bridgehead atoms. The first kappa shape index (κ1) is 14.1. The first-order valence-corrected chi connectivity index (χ1v) is 7.89. The Kier molecular flexibility index (Phi) is 3.25. The highest BCUT2D eigenvalue weighted by atomic mass is 19.1. The number of fused-ring (bicyclic) bond motifs is 2. The molecule has 0 saturated carbocycles. The van der Waals surface area contributed by atoms with Crippen molar-refractivity contribution in [3.63, 3.8) is 0 Å². The quantitative estimate of drug-likeness (QED) is 0.745. The Morgan fingerprint density at radius 2 is 2.17 bits per heavy atom. The van der Waals surface area contributed by atoms with Gasteiger partial charge in [-0.1, -0.05) is 0 Å². The molecule has 0 N–H and O–H groups in total. The molecule has 0 amide bonds. The third-order valence-corrected chi connectivity index (χ3v) is 4.48. The molecular weight excluding hydrogens is 295 g/mol. The Morgan fingerprint density at radius 1 is 1.30 bits per heavy atom. The Hall–Kier alpha value is -2.50. The van der Waals surface area contributed by atoms with Gasteiger partial charge in [0.15, 0.2) is 0 Å². The number of aryl methyl sites for hydroxylation is 2. The van der Waals surface area contributed by atoms with Crippen LogP contribution in [-0.2, 0) is 25.9 Å². The van der Waals surface area contributed by atoms with Crippen LogP contribution in [0.25, 0.3) is 11.0 Å². The summed E-state index contributed by atoms with van der Waals surface area (Å²) in [5, 5.41) is 0. The number of aromatic nitrogens is 4. The standard InChI is InChI=1S/C17H17FN4O/c1-2-22-15-7-6-11(18)8-14(15)20-16(22)9-21-10-19-13-5-3-4-12(13)17(21)23/h6-8,10H,2-5,9H2,1H3. The van der Waals surface area contributed by atoms with Gasteiger partial charge in [-0.25, -0.2) is 14.4 Å². The Morgan fingerprint density at radius 3 is 3.00 bits per heavy atom. The highest BCUT2D eigenvalue weighted by Crippen LogP contribution is 2.19. The van der Waals surface area contributed by atoms with Gasteiger partial charge < -0.3 is 4.57 Å². The zero-order valence-corrected chi connectivity index (χ0v) is 12.9. The van der Waals surface area contributed by atoms with Crippen molar-refractivity contribution < 1.29 is 4.39 Å². The lowest BCUT2D eigenvalue weighted by molar-refractivity contribution is 0.629. The van der Waals surface area contributed by atoms with E-state index in [1.807, 2.05) is 11.5 Å². The molecule has 23 heavy (non-hydrogen) atoms. The van der Waals surface area contributed by atoms with Gasteiger partial charge in [0.2, 0.25) is 0 Å². The molecule has 0 saturated heterocycles. The van der Waals surface area contributed by atoms with E-state index in [2.05, 4.69) is 9.97 Å². The summed E-state index contributed by atoms with van der Waals surface area (Å²) in [5.41, 5.74) is 3.28. The van der Waals surface area contributed by atoms with E-state index in [0.29, 0.717) is 18.6 Å². The van der Waals surface area contributed by atoms with Crippen molar-refractivity contribution in [2.45, 2.75) is 39.3 Å². The SMILES string of the molecule is CCn1c(Cn2cnc3c(c2=O)CCC3)nc2cc(F)ccc21. The summed E-state index contributed by atoms with van der Waals surface area (Å²) < 4.78 is 17.0. The molecule has 5 nitrogen and oxygen atoms in total. The van der Waals surface area contributed by atoms with Crippen molar-refractivity contribution >= 4 is 11.0 Å². The Labute approximate surface area is 132 Å². The minimum absolute atomic E-state index is 0.0217. The van der Waals surface area contributed by atoms with Gasteiger partial charge in [-0.05, 0) is 38.3 Å². The predicted molar refractivity (Wildman–Crippen MR) is 85.0 cm³/mol. The van der Waals surface area contributed by atoms with Crippen molar-refractivity contribution in [1.82, 2.24) is 19.1 Å². The zero-order valence-electron chi connectivity index (χ0n) is 12.9. The van der Waals surface area contributed by atoms with Crippen LogP contribution in [0.1, 0.15) is 30.4 Å². The number of rotatable bonds is 3. The molecule has 1 aliphatic carbocycles. The number of imidazole rings is 1. The Balaban J connectivity index is 1.80. The van der Waals surface area contributed by atoms with Gasteiger partial charge in [-0.3, -0.25) is 9.36 Å². The van der Waals surface area contributed by atoms with Crippen molar-refractivity contribution in [1.29, 1.82) is 0 Å². The van der Waals surface area contributed by atoms with Crippen LogP contribution in [0.15, 0.2) is 29.3 Å². The molecule has 6 heteroatoms. The highest BCUT2D eigenvalue weighted by Gasteiger charge is 2.18. The third-order valence-electron chi connectivity index (χ3n) is 4.48. The van der Waals surface area contributed by atoms with Gasteiger partial charge in [-0.2, -0.15) is 0 Å². The Bertz CT molecular complexity index is 957. The molecule has 2 heterocycles. The van der Waals surface area contributed by atoms with Crippen LogP contribution in [0.5, 0.6) is 0 Å². The van der Waals surface area contributed by atoms with E-state index in [-0.39, 0.29) is 11.4 Å². The van der Waals surface area contributed by atoms with Gasteiger partial charge >= 0.3 is 0 Å². The van der Waals surface area contributed by atoms with Gasteiger partial charge in [0, 0.05) is 18.2 Å². The maximum Gasteiger partial charge on any atom is 0.257 e. The van der Waals surface area contributed by atoms with Crippen LogP contribution in [0.3, 0.4) is 0 Å². The van der Waals surface area contributed by atoms with Gasteiger partial charge in [-0.15, -0.1) is 0 Å². The summed E-state index contributed by atoms with van der Waals surface area (Å²) in [4.78, 5) is 21.5. The molecule has 0 radical (unpaired) electrons. The molecule has 118 valence electrons. The molecule has 0 fully saturated rings. The number of hydrogen-bond donors (Lipinski definition) is 0. The molecule has 0 spiro atoms. The number of benzene rings is 1. The summed E-state index contributed by atoms with van der Waals surface area (Å²) in [6, 6.07) is 4.59. The van der Waals surface area contributed by atoms with Crippen LogP contribution in [0.2, 0.25) is 0 Å². The van der Waals surface area contributed by atoms with E-state index in [1.165, 1.54) is 12.1 Å². The monoisotopic (exact) mass is 312 g/mol.